The third kappa shape index (κ3) is 4.44. The van der Waals surface area contributed by atoms with Gasteiger partial charge in [-0.1, -0.05) is 19.1 Å². The van der Waals surface area contributed by atoms with Crippen LogP contribution < -0.4 is 10.6 Å². The molecule has 2 aromatic carbocycles. The van der Waals surface area contributed by atoms with E-state index >= 15 is 0 Å². The van der Waals surface area contributed by atoms with Gasteiger partial charge in [-0.25, -0.2) is 4.79 Å². The van der Waals surface area contributed by atoms with Crippen molar-refractivity contribution in [1.29, 1.82) is 0 Å². The molecule has 0 aliphatic carbocycles. The van der Waals surface area contributed by atoms with E-state index in [1.807, 2.05) is 6.92 Å². The van der Waals surface area contributed by atoms with Crippen LogP contribution in [0.5, 0.6) is 0 Å². The fourth-order valence-corrected chi connectivity index (χ4v) is 2.24. The second-order valence-corrected chi connectivity index (χ2v) is 5.41. The van der Waals surface area contributed by atoms with Crippen molar-refractivity contribution in [2.45, 2.75) is 20.3 Å². The molecule has 0 unspecified atom stereocenters. The number of amides is 2. The second kappa shape index (κ2) is 8.10. The van der Waals surface area contributed by atoms with Gasteiger partial charge in [-0.05, 0) is 42.8 Å². The van der Waals surface area contributed by atoms with Crippen molar-refractivity contribution in [1.82, 2.24) is 0 Å². The molecule has 0 aliphatic heterocycles. The number of rotatable bonds is 5. The Labute approximate surface area is 146 Å². The van der Waals surface area contributed by atoms with E-state index in [1.165, 1.54) is 13.2 Å². The molecule has 0 radical (unpaired) electrons. The molecule has 0 atom stereocenters. The zero-order chi connectivity index (χ0) is 18.4. The van der Waals surface area contributed by atoms with Gasteiger partial charge in [0.05, 0.1) is 12.7 Å². The Morgan fingerprint density at radius 3 is 2.20 bits per heavy atom. The molecule has 25 heavy (non-hydrogen) atoms. The van der Waals surface area contributed by atoms with Gasteiger partial charge in [0.15, 0.2) is 0 Å². The Morgan fingerprint density at radius 2 is 1.56 bits per heavy atom. The fraction of sp³-hybridized carbons (Fsp3) is 0.211. The SMILES string of the molecule is CCC(=O)Nc1cccc(NC(=O)c2cccc(C(=O)OC)c2)c1C. The van der Waals surface area contributed by atoms with Crippen molar-refractivity contribution in [3.63, 3.8) is 0 Å². The summed E-state index contributed by atoms with van der Waals surface area (Å²) >= 11 is 0. The zero-order valence-corrected chi connectivity index (χ0v) is 14.4. The summed E-state index contributed by atoms with van der Waals surface area (Å²) < 4.78 is 4.66. The largest absolute Gasteiger partial charge is 0.465 e. The van der Waals surface area contributed by atoms with Gasteiger partial charge in [-0.3, -0.25) is 9.59 Å². The normalized spacial score (nSPS) is 10.0. The highest BCUT2D eigenvalue weighted by atomic mass is 16.5. The zero-order valence-electron chi connectivity index (χ0n) is 14.4. The summed E-state index contributed by atoms with van der Waals surface area (Å²) in [5, 5.41) is 5.59. The van der Waals surface area contributed by atoms with Crippen molar-refractivity contribution in [3.05, 3.63) is 59.2 Å². The number of anilines is 2. The lowest BCUT2D eigenvalue weighted by Crippen LogP contribution is -2.15. The number of esters is 1. The topological polar surface area (TPSA) is 84.5 Å². The molecule has 0 aliphatic rings. The minimum Gasteiger partial charge on any atom is -0.465 e. The van der Waals surface area contributed by atoms with E-state index in [0.717, 1.165) is 5.56 Å². The molecule has 0 aromatic heterocycles. The first kappa shape index (κ1) is 18.2. The lowest BCUT2D eigenvalue weighted by Gasteiger charge is -2.13. The molecule has 6 heteroatoms. The number of carbonyl (C=O) groups is 3. The first-order chi connectivity index (χ1) is 12.0. The summed E-state index contributed by atoms with van der Waals surface area (Å²) in [5.74, 6) is -0.958. The molecular formula is C19H20N2O4. The van der Waals surface area contributed by atoms with Gasteiger partial charge >= 0.3 is 5.97 Å². The van der Waals surface area contributed by atoms with E-state index < -0.39 is 5.97 Å². The minimum atomic E-state index is -0.505. The molecular weight excluding hydrogens is 320 g/mol. The lowest BCUT2D eigenvalue weighted by molar-refractivity contribution is -0.115. The number of nitrogens with one attached hydrogen (secondary N) is 2. The Balaban J connectivity index is 2.22. The second-order valence-electron chi connectivity index (χ2n) is 5.41. The van der Waals surface area contributed by atoms with E-state index in [0.29, 0.717) is 28.9 Å². The first-order valence-electron chi connectivity index (χ1n) is 7.85. The Morgan fingerprint density at radius 1 is 0.960 bits per heavy atom. The maximum absolute atomic E-state index is 12.5. The number of methoxy groups -OCH3 is 1. The van der Waals surface area contributed by atoms with Crippen LogP contribution in [0, 0.1) is 6.92 Å². The maximum Gasteiger partial charge on any atom is 0.337 e. The molecule has 0 fully saturated rings. The number of benzene rings is 2. The summed E-state index contributed by atoms with van der Waals surface area (Å²) in [6.07, 6.45) is 0.371. The predicted molar refractivity (Wildman–Crippen MR) is 95.8 cm³/mol. The Bertz CT molecular complexity index is 815. The highest BCUT2D eigenvalue weighted by Gasteiger charge is 2.13. The van der Waals surface area contributed by atoms with E-state index in [-0.39, 0.29) is 11.8 Å². The summed E-state index contributed by atoms with van der Waals surface area (Å²) in [7, 11) is 1.29. The quantitative estimate of drug-likeness (QED) is 0.817. The van der Waals surface area contributed by atoms with Crippen LogP contribution >= 0.6 is 0 Å². The van der Waals surface area contributed by atoms with Crippen molar-refractivity contribution in [3.8, 4) is 0 Å². The molecule has 0 bridgehead atoms. The highest BCUT2D eigenvalue weighted by Crippen LogP contribution is 2.24. The number of hydrogen-bond acceptors (Lipinski definition) is 4. The van der Waals surface area contributed by atoms with Crippen LogP contribution in [-0.2, 0) is 9.53 Å². The van der Waals surface area contributed by atoms with E-state index in [9.17, 15) is 14.4 Å². The summed E-state index contributed by atoms with van der Waals surface area (Å²) in [6.45, 7) is 3.58. The molecule has 2 amide bonds. The van der Waals surface area contributed by atoms with Gasteiger partial charge in [0.2, 0.25) is 5.91 Å². The average Bonchev–Trinajstić information content (AvgIpc) is 2.64. The van der Waals surface area contributed by atoms with Crippen LogP contribution in [0.25, 0.3) is 0 Å². The van der Waals surface area contributed by atoms with Crippen LogP contribution in [0.4, 0.5) is 11.4 Å². The van der Waals surface area contributed by atoms with Gasteiger partial charge in [0.25, 0.3) is 5.91 Å². The van der Waals surface area contributed by atoms with E-state index in [4.69, 9.17) is 0 Å². The van der Waals surface area contributed by atoms with Gasteiger partial charge in [-0.15, -0.1) is 0 Å². The molecule has 6 nitrogen and oxygen atoms in total. The van der Waals surface area contributed by atoms with Gasteiger partial charge in [0, 0.05) is 23.4 Å². The number of ether oxygens (including phenoxy) is 1. The molecule has 2 N–H and O–H groups in total. The molecule has 0 saturated carbocycles. The summed E-state index contributed by atoms with van der Waals surface area (Å²) in [6, 6.07) is 11.5. The van der Waals surface area contributed by atoms with Crippen molar-refractivity contribution >= 4 is 29.2 Å². The third-order valence-electron chi connectivity index (χ3n) is 3.72. The lowest BCUT2D eigenvalue weighted by atomic mass is 10.1. The molecule has 130 valence electrons. The Kier molecular flexibility index (Phi) is 5.89. The molecule has 0 saturated heterocycles. The number of carbonyl (C=O) groups excluding carboxylic acids is 3. The minimum absolute atomic E-state index is 0.0997. The fourth-order valence-electron chi connectivity index (χ4n) is 2.24. The van der Waals surface area contributed by atoms with Crippen molar-refractivity contribution in [2.24, 2.45) is 0 Å². The smallest absolute Gasteiger partial charge is 0.337 e. The molecule has 2 aromatic rings. The van der Waals surface area contributed by atoms with E-state index in [2.05, 4.69) is 15.4 Å². The van der Waals surface area contributed by atoms with Crippen LogP contribution in [0.3, 0.4) is 0 Å². The van der Waals surface area contributed by atoms with Crippen molar-refractivity contribution < 1.29 is 19.1 Å². The van der Waals surface area contributed by atoms with Crippen LogP contribution in [0.2, 0.25) is 0 Å². The summed E-state index contributed by atoms with van der Waals surface area (Å²) in [4.78, 5) is 35.6. The molecule has 0 spiro atoms. The number of hydrogen-bond donors (Lipinski definition) is 2. The van der Waals surface area contributed by atoms with Crippen LogP contribution in [0.15, 0.2) is 42.5 Å². The van der Waals surface area contributed by atoms with Crippen LogP contribution in [0.1, 0.15) is 39.6 Å². The Hall–Kier alpha value is -3.15. The van der Waals surface area contributed by atoms with Gasteiger partial charge < -0.3 is 15.4 Å². The first-order valence-corrected chi connectivity index (χ1v) is 7.85. The van der Waals surface area contributed by atoms with E-state index in [1.54, 1.807) is 43.3 Å². The highest BCUT2D eigenvalue weighted by molar-refractivity contribution is 6.06. The molecule has 0 heterocycles. The van der Waals surface area contributed by atoms with Crippen LogP contribution in [-0.4, -0.2) is 24.9 Å². The average molecular weight is 340 g/mol. The monoisotopic (exact) mass is 340 g/mol. The van der Waals surface area contributed by atoms with Gasteiger partial charge in [-0.2, -0.15) is 0 Å². The standard InChI is InChI=1S/C19H20N2O4/c1-4-17(22)20-15-9-6-10-16(12(15)2)21-18(23)13-7-5-8-14(11-13)19(24)25-3/h5-11H,4H2,1-3H3,(H,20,22)(H,21,23). The maximum atomic E-state index is 12.5. The predicted octanol–water partition coefficient (Wildman–Crippen LogP) is 3.38. The third-order valence-corrected chi connectivity index (χ3v) is 3.72. The van der Waals surface area contributed by atoms with Gasteiger partial charge in [0.1, 0.15) is 0 Å². The summed E-state index contributed by atoms with van der Waals surface area (Å²) in [5.41, 5.74) is 2.62. The van der Waals surface area contributed by atoms with Crippen molar-refractivity contribution in [2.75, 3.05) is 17.7 Å². The molecule has 2 rings (SSSR count).